The molecule has 0 spiro atoms. The maximum Gasteiger partial charge on any atom is 0.352 e. The molecule has 0 unspecified atom stereocenters. The largest absolute Gasteiger partial charge is 0.477 e. The van der Waals surface area contributed by atoms with Crippen molar-refractivity contribution < 1.29 is 9.90 Å². The summed E-state index contributed by atoms with van der Waals surface area (Å²) in [6.07, 6.45) is 0.704. The van der Waals surface area contributed by atoms with Crippen LogP contribution in [0.15, 0.2) is 40.9 Å². The third kappa shape index (κ3) is 1.47. The molecule has 20 heavy (non-hydrogen) atoms. The zero-order valence-electron chi connectivity index (χ0n) is 10.3. The van der Waals surface area contributed by atoms with Crippen LogP contribution in [0.4, 0.5) is 0 Å². The second kappa shape index (κ2) is 3.93. The summed E-state index contributed by atoms with van der Waals surface area (Å²) >= 11 is 3.46. The van der Waals surface area contributed by atoms with Gasteiger partial charge < -0.3 is 5.11 Å². The Morgan fingerprint density at radius 1 is 1.30 bits per heavy atom. The van der Waals surface area contributed by atoms with E-state index in [2.05, 4.69) is 27.0 Å². The van der Waals surface area contributed by atoms with Crippen LogP contribution in [0.5, 0.6) is 0 Å². The molecule has 2 aromatic heterocycles. The van der Waals surface area contributed by atoms with Crippen LogP contribution in [0, 0.1) is 0 Å². The predicted molar refractivity (Wildman–Crippen MR) is 78.1 cm³/mol. The van der Waals surface area contributed by atoms with Crippen LogP contribution < -0.4 is 0 Å². The Kier molecular flexibility index (Phi) is 2.29. The lowest BCUT2D eigenvalue weighted by Crippen LogP contribution is -2.06. The number of fused-ring (bicyclic) bond motifs is 5. The molecule has 1 aliphatic rings. The van der Waals surface area contributed by atoms with Gasteiger partial charge in [-0.25, -0.2) is 9.78 Å². The van der Waals surface area contributed by atoms with Crippen molar-refractivity contribution in [3.05, 3.63) is 57.8 Å². The average molecular weight is 329 g/mol. The van der Waals surface area contributed by atoms with Crippen molar-refractivity contribution in [2.45, 2.75) is 6.42 Å². The van der Waals surface area contributed by atoms with Crippen molar-refractivity contribution in [3.63, 3.8) is 0 Å². The van der Waals surface area contributed by atoms with E-state index in [0.717, 1.165) is 21.4 Å². The summed E-state index contributed by atoms with van der Waals surface area (Å²) < 4.78 is 2.76. The predicted octanol–water partition coefficient (Wildman–Crippen LogP) is 3.37. The highest BCUT2D eigenvalue weighted by Crippen LogP contribution is 2.38. The molecule has 1 N–H and O–H groups in total. The number of hydrogen-bond donors (Lipinski definition) is 1. The lowest BCUT2D eigenvalue weighted by atomic mass is 10.1. The zero-order valence-corrected chi connectivity index (χ0v) is 11.9. The van der Waals surface area contributed by atoms with Gasteiger partial charge in [0.05, 0.1) is 11.4 Å². The summed E-state index contributed by atoms with van der Waals surface area (Å²) in [5.74, 6) is -0.937. The van der Waals surface area contributed by atoms with Gasteiger partial charge >= 0.3 is 5.97 Å². The highest BCUT2D eigenvalue weighted by molar-refractivity contribution is 9.10. The molecule has 0 saturated heterocycles. The van der Waals surface area contributed by atoms with Crippen LogP contribution in [0.25, 0.3) is 16.9 Å². The van der Waals surface area contributed by atoms with E-state index < -0.39 is 5.97 Å². The fraction of sp³-hybridized carbons (Fsp3) is 0.0667. The lowest BCUT2D eigenvalue weighted by molar-refractivity contribution is 0.0688. The van der Waals surface area contributed by atoms with Crippen LogP contribution in [0.2, 0.25) is 0 Å². The van der Waals surface area contributed by atoms with E-state index in [4.69, 9.17) is 0 Å². The van der Waals surface area contributed by atoms with Crippen molar-refractivity contribution in [1.29, 1.82) is 0 Å². The SMILES string of the molecule is O=C(O)c1cccc2nc3c(n12)Cc1cc(Br)ccc1-3. The number of carbonyl (C=O) groups is 1. The third-order valence-corrected chi connectivity index (χ3v) is 4.13. The number of carboxylic acids is 1. The smallest absolute Gasteiger partial charge is 0.352 e. The van der Waals surface area contributed by atoms with Crippen molar-refractivity contribution in [1.82, 2.24) is 9.38 Å². The molecule has 1 aromatic carbocycles. The minimum absolute atomic E-state index is 0.253. The number of aromatic nitrogens is 2. The summed E-state index contributed by atoms with van der Waals surface area (Å²) in [6.45, 7) is 0. The number of hydrogen-bond acceptors (Lipinski definition) is 2. The average Bonchev–Trinajstić information content (AvgIpc) is 2.93. The van der Waals surface area contributed by atoms with E-state index in [9.17, 15) is 9.90 Å². The summed E-state index contributed by atoms with van der Waals surface area (Å²) in [5.41, 5.74) is 5.04. The molecular weight excluding hydrogens is 320 g/mol. The highest BCUT2D eigenvalue weighted by Gasteiger charge is 2.26. The van der Waals surface area contributed by atoms with Crippen LogP contribution in [0.1, 0.15) is 21.7 Å². The fourth-order valence-corrected chi connectivity index (χ4v) is 3.23. The molecular formula is C15H9BrN2O2. The first kappa shape index (κ1) is 11.7. The Morgan fingerprint density at radius 2 is 2.15 bits per heavy atom. The maximum atomic E-state index is 11.4. The molecule has 0 fully saturated rings. The summed E-state index contributed by atoms with van der Waals surface area (Å²) in [5, 5.41) is 9.34. The maximum absolute atomic E-state index is 11.4. The normalized spacial score (nSPS) is 12.4. The van der Waals surface area contributed by atoms with Gasteiger partial charge in [-0.05, 0) is 29.8 Å². The third-order valence-electron chi connectivity index (χ3n) is 3.64. The van der Waals surface area contributed by atoms with E-state index in [-0.39, 0.29) is 5.69 Å². The Morgan fingerprint density at radius 3 is 2.95 bits per heavy atom. The molecule has 0 radical (unpaired) electrons. The minimum atomic E-state index is -0.937. The van der Waals surface area contributed by atoms with Crippen molar-refractivity contribution in [2.75, 3.05) is 0 Å². The monoisotopic (exact) mass is 328 g/mol. The quantitative estimate of drug-likeness (QED) is 0.583. The van der Waals surface area contributed by atoms with Crippen molar-refractivity contribution >= 4 is 27.5 Å². The standard InChI is InChI=1S/C15H9BrN2O2/c16-9-4-5-10-8(6-9)7-12-14(10)17-13-3-1-2-11(15(19)20)18(12)13/h1-6H,7H2,(H,19,20). The first-order valence-electron chi connectivity index (χ1n) is 6.17. The van der Waals surface area contributed by atoms with Gasteiger partial charge in [0.25, 0.3) is 0 Å². The van der Waals surface area contributed by atoms with E-state index in [1.54, 1.807) is 16.5 Å². The van der Waals surface area contributed by atoms with Gasteiger partial charge in [0, 0.05) is 16.5 Å². The first-order valence-corrected chi connectivity index (χ1v) is 6.97. The number of nitrogens with zero attached hydrogens (tertiary/aromatic N) is 2. The zero-order chi connectivity index (χ0) is 13.9. The Labute approximate surface area is 122 Å². The number of carboxylic acid groups (broad SMARTS) is 1. The summed E-state index contributed by atoms with van der Waals surface area (Å²) in [6, 6.07) is 11.2. The van der Waals surface area contributed by atoms with Gasteiger partial charge in [-0.15, -0.1) is 0 Å². The number of halogens is 1. The van der Waals surface area contributed by atoms with Crippen LogP contribution in [-0.2, 0) is 6.42 Å². The van der Waals surface area contributed by atoms with Crippen molar-refractivity contribution in [2.24, 2.45) is 0 Å². The first-order chi connectivity index (χ1) is 9.65. The van der Waals surface area contributed by atoms with E-state index >= 15 is 0 Å². The molecule has 5 heteroatoms. The van der Waals surface area contributed by atoms with Gasteiger partial charge in [-0.1, -0.05) is 28.1 Å². The molecule has 4 rings (SSSR count). The number of benzene rings is 1. The van der Waals surface area contributed by atoms with Gasteiger partial charge in [0.15, 0.2) is 0 Å². The van der Waals surface area contributed by atoms with E-state index in [1.165, 1.54) is 5.56 Å². The Balaban J connectivity index is 2.06. The molecule has 0 amide bonds. The lowest BCUT2D eigenvalue weighted by Gasteiger charge is -2.03. The molecule has 0 saturated carbocycles. The van der Waals surface area contributed by atoms with Gasteiger partial charge in [-0.2, -0.15) is 0 Å². The molecule has 0 aliphatic heterocycles. The molecule has 4 nitrogen and oxygen atoms in total. The van der Waals surface area contributed by atoms with Crippen LogP contribution >= 0.6 is 15.9 Å². The van der Waals surface area contributed by atoms with Gasteiger partial charge in [0.1, 0.15) is 11.3 Å². The highest BCUT2D eigenvalue weighted by atomic mass is 79.9. The van der Waals surface area contributed by atoms with Crippen molar-refractivity contribution in [3.8, 4) is 11.3 Å². The fourth-order valence-electron chi connectivity index (χ4n) is 2.82. The summed E-state index contributed by atoms with van der Waals surface area (Å²) in [4.78, 5) is 16.0. The molecule has 1 aliphatic carbocycles. The number of aromatic carboxylic acids is 1. The minimum Gasteiger partial charge on any atom is -0.477 e. The topological polar surface area (TPSA) is 54.6 Å². The van der Waals surface area contributed by atoms with Gasteiger partial charge in [0.2, 0.25) is 0 Å². The van der Waals surface area contributed by atoms with Crippen LogP contribution in [0.3, 0.4) is 0 Å². The number of pyridine rings is 1. The molecule has 98 valence electrons. The Bertz CT molecular complexity index is 883. The van der Waals surface area contributed by atoms with E-state index in [0.29, 0.717) is 12.1 Å². The van der Waals surface area contributed by atoms with Gasteiger partial charge in [-0.3, -0.25) is 4.40 Å². The molecule has 2 heterocycles. The Hall–Kier alpha value is -2.14. The second-order valence-corrected chi connectivity index (χ2v) is 5.71. The number of imidazole rings is 1. The molecule has 3 aromatic rings. The van der Waals surface area contributed by atoms with E-state index in [1.807, 2.05) is 18.2 Å². The van der Waals surface area contributed by atoms with Crippen LogP contribution in [-0.4, -0.2) is 20.5 Å². The second-order valence-electron chi connectivity index (χ2n) is 4.80. The summed E-state index contributed by atoms with van der Waals surface area (Å²) in [7, 11) is 0. The number of rotatable bonds is 1. The molecule has 0 bridgehead atoms. The molecule has 0 atom stereocenters.